The molecule has 0 aliphatic heterocycles. The van der Waals surface area contributed by atoms with Gasteiger partial charge in [-0.05, 0) is 30.7 Å². The van der Waals surface area contributed by atoms with Gasteiger partial charge in [0.25, 0.3) is 0 Å². The van der Waals surface area contributed by atoms with E-state index in [2.05, 4.69) is 9.97 Å². The maximum Gasteiger partial charge on any atom is 0.230 e. The van der Waals surface area contributed by atoms with Gasteiger partial charge in [0.1, 0.15) is 5.65 Å². The Morgan fingerprint density at radius 2 is 2.29 bits per heavy atom. The molecule has 0 unspecified atom stereocenters. The summed E-state index contributed by atoms with van der Waals surface area (Å²) < 4.78 is 5.21. The van der Waals surface area contributed by atoms with E-state index in [0.717, 1.165) is 10.9 Å². The van der Waals surface area contributed by atoms with Crippen LogP contribution in [0.3, 0.4) is 0 Å². The molecule has 3 aromatic heterocycles. The first-order valence-corrected chi connectivity index (χ1v) is 5.28. The van der Waals surface area contributed by atoms with Crippen molar-refractivity contribution >= 4 is 16.8 Å². The highest BCUT2D eigenvalue weighted by Crippen LogP contribution is 2.21. The molecule has 17 heavy (non-hydrogen) atoms. The van der Waals surface area contributed by atoms with Crippen LogP contribution in [0.2, 0.25) is 0 Å². The number of rotatable bonds is 2. The lowest BCUT2D eigenvalue weighted by molar-refractivity contribution is 0.101. The summed E-state index contributed by atoms with van der Waals surface area (Å²) in [6, 6.07) is 5.45. The first-order valence-electron chi connectivity index (χ1n) is 5.28. The van der Waals surface area contributed by atoms with Crippen LogP contribution in [-0.2, 0) is 0 Å². The summed E-state index contributed by atoms with van der Waals surface area (Å²) in [6.45, 7) is 1.85. The van der Waals surface area contributed by atoms with Gasteiger partial charge in [-0.15, -0.1) is 0 Å². The highest BCUT2D eigenvalue weighted by atomic mass is 16.3. The van der Waals surface area contributed by atoms with Gasteiger partial charge in [-0.25, -0.2) is 4.98 Å². The van der Waals surface area contributed by atoms with E-state index in [-0.39, 0.29) is 5.78 Å². The quantitative estimate of drug-likeness (QED) is 0.683. The van der Waals surface area contributed by atoms with Gasteiger partial charge < -0.3 is 9.40 Å². The van der Waals surface area contributed by atoms with Crippen LogP contribution >= 0.6 is 0 Å². The Morgan fingerprint density at radius 1 is 1.41 bits per heavy atom. The number of carbonyl (C=O) groups excluding carboxylic acids is 1. The van der Waals surface area contributed by atoms with E-state index >= 15 is 0 Å². The highest BCUT2D eigenvalue weighted by molar-refractivity contribution is 6.15. The van der Waals surface area contributed by atoms with Crippen LogP contribution in [0.15, 0.2) is 41.3 Å². The van der Waals surface area contributed by atoms with Gasteiger partial charge in [0.2, 0.25) is 5.78 Å². The lowest BCUT2D eigenvalue weighted by atomic mass is 10.1. The van der Waals surface area contributed by atoms with Crippen molar-refractivity contribution in [1.82, 2.24) is 9.97 Å². The second-order valence-corrected chi connectivity index (χ2v) is 3.86. The number of aromatic nitrogens is 2. The molecular weight excluding hydrogens is 216 g/mol. The van der Waals surface area contributed by atoms with Gasteiger partial charge in [-0.3, -0.25) is 4.79 Å². The standard InChI is InChI=1S/C13H10N2O2/c1-8-4-6-17-12(8)11(16)10-7-15-13-9(10)3-2-5-14-13/h2-7H,1H3,(H,14,15). The Labute approximate surface area is 97.3 Å². The third-order valence-corrected chi connectivity index (χ3v) is 2.76. The van der Waals surface area contributed by atoms with Gasteiger partial charge in [0, 0.05) is 17.8 Å². The maximum atomic E-state index is 12.3. The lowest BCUT2D eigenvalue weighted by Crippen LogP contribution is -2.00. The molecule has 0 saturated carbocycles. The number of H-pyrrole nitrogens is 1. The van der Waals surface area contributed by atoms with E-state index in [0.29, 0.717) is 17.0 Å². The minimum atomic E-state index is -0.119. The van der Waals surface area contributed by atoms with Crippen molar-refractivity contribution < 1.29 is 9.21 Å². The first-order chi connectivity index (χ1) is 8.27. The van der Waals surface area contributed by atoms with E-state index in [9.17, 15) is 4.79 Å². The molecule has 0 bridgehead atoms. The molecule has 0 fully saturated rings. The Morgan fingerprint density at radius 3 is 3.06 bits per heavy atom. The molecule has 4 nitrogen and oxygen atoms in total. The molecule has 4 heteroatoms. The van der Waals surface area contributed by atoms with Crippen LogP contribution in [0.1, 0.15) is 21.7 Å². The largest absolute Gasteiger partial charge is 0.461 e. The maximum absolute atomic E-state index is 12.3. The van der Waals surface area contributed by atoms with Gasteiger partial charge >= 0.3 is 0 Å². The van der Waals surface area contributed by atoms with Crippen molar-refractivity contribution in [2.24, 2.45) is 0 Å². The average Bonchev–Trinajstić information content (AvgIpc) is 2.94. The molecule has 0 aromatic carbocycles. The van der Waals surface area contributed by atoms with Crippen molar-refractivity contribution in [3.63, 3.8) is 0 Å². The Balaban J connectivity index is 2.17. The van der Waals surface area contributed by atoms with E-state index in [4.69, 9.17) is 4.42 Å². The van der Waals surface area contributed by atoms with E-state index in [1.807, 2.05) is 19.1 Å². The van der Waals surface area contributed by atoms with Gasteiger partial charge in [0.15, 0.2) is 5.76 Å². The van der Waals surface area contributed by atoms with Crippen LogP contribution in [0.25, 0.3) is 11.0 Å². The molecule has 0 amide bonds. The molecule has 0 saturated heterocycles. The SMILES string of the molecule is Cc1ccoc1C(=O)c1c[nH]c2ncccc12. The summed E-state index contributed by atoms with van der Waals surface area (Å²) in [5.74, 6) is 0.265. The summed E-state index contributed by atoms with van der Waals surface area (Å²) in [4.78, 5) is 19.4. The number of fused-ring (bicyclic) bond motifs is 1. The zero-order valence-electron chi connectivity index (χ0n) is 9.23. The van der Waals surface area contributed by atoms with Crippen molar-refractivity contribution in [3.8, 4) is 0 Å². The monoisotopic (exact) mass is 226 g/mol. The number of aryl methyl sites for hydroxylation is 1. The van der Waals surface area contributed by atoms with Crippen LogP contribution in [-0.4, -0.2) is 15.8 Å². The Hall–Kier alpha value is -2.36. The number of hydrogen-bond donors (Lipinski definition) is 1. The molecular formula is C13H10N2O2. The Kier molecular flexibility index (Phi) is 2.08. The number of ketones is 1. The fourth-order valence-electron chi connectivity index (χ4n) is 1.87. The topological polar surface area (TPSA) is 58.9 Å². The van der Waals surface area contributed by atoms with E-state index < -0.39 is 0 Å². The average molecular weight is 226 g/mol. The van der Waals surface area contributed by atoms with Crippen molar-refractivity contribution in [2.45, 2.75) is 6.92 Å². The van der Waals surface area contributed by atoms with Gasteiger partial charge in [0.05, 0.1) is 11.8 Å². The van der Waals surface area contributed by atoms with Crippen LogP contribution in [0, 0.1) is 6.92 Å². The summed E-state index contributed by atoms with van der Waals surface area (Å²) in [7, 11) is 0. The fourth-order valence-corrected chi connectivity index (χ4v) is 1.87. The third-order valence-electron chi connectivity index (χ3n) is 2.76. The summed E-state index contributed by atoms with van der Waals surface area (Å²) in [6.07, 6.45) is 4.88. The molecule has 0 atom stereocenters. The molecule has 0 aliphatic carbocycles. The van der Waals surface area contributed by atoms with Gasteiger partial charge in [-0.2, -0.15) is 0 Å². The third kappa shape index (κ3) is 1.45. The van der Waals surface area contributed by atoms with E-state index in [1.54, 1.807) is 18.5 Å². The smallest absolute Gasteiger partial charge is 0.230 e. The number of nitrogens with zero attached hydrogens (tertiary/aromatic N) is 1. The minimum Gasteiger partial charge on any atom is -0.461 e. The predicted molar refractivity (Wildman–Crippen MR) is 63.0 cm³/mol. The van der Waals surface area contributed by atoms with Crippen LogP contribution < -0.4 is 0 Å². The number of hydrogen-bond acceptors (Lipinski definition) is 3. The molecule has 0 aliphatic rings. The molecule has 1 N–H and O–H groups in total. The number of carbonyl (C=O) groups is 1. The van der Waals surface area contributed by atoms with Crippen molar-refractivity contribution in [3.05, 3.63) is 53.7 Å². The highest BCUT2D eigenvalue weighted by Gasteiger charge is 2.18. The molecule has 0 spiro atoms. The number of pyridine rings is 1. The number of nitrogens with one attached hydrogen (secondary N) is 1. The molecule has 3 rings (SSSR count). The first kappa shape index (κ1) is 9.84. The van der Waals surface area contributed by atoms with Crippen LogP contribution in [0.5, 0.6) is 0 Å². The molecule has 84 valence electrons. The lowest BCUT2D eigenvalue weighted by Gasteiger charge is -1.96. The van der Waals surface area contributed by atoms with Gasteiger partial charge in [-0.1, -0.05) is 0 Å². The minimum absolute atomic E-state index is 0.119. The number of furan rings is 1. The molecule has 3 aromatic rings. The normalized spacial score (nSPS) is 10.9. The zero-order chi connectivity index (χ0) is 11.8. The summed E-state index contributed by atoms with van der Waals surface area (Å²) in [5, 5.41) is 0.813. The Bertz CT molecular complexity index is 694. The summed E-state index contributed by atoms with van der Waals surface area (Å²) >= 11 is 0. The van der Waals surface area contributed by atoms with Crippen molar-refractivity contribution in [2.75, 3.05) is 0 Å². The van der Waals surface area contributed by atoms with E-state index in [1.165, 1.54) is 6.26 Å². The second-order valence-electron chi connectivity index (χ2n) is 3.86. The van der Waals surface area contributed by atoms with Crippen molar-refractivity contribution in [1.29, 1.82) is 0 Å². The number of aromatic amines is 1. The zero-order valence-corrected chi connectivity index (χ0v) is 9.23. The second kappa shape index (κ2) is 3.59. The fraction of sp³-hybridized carbons (Fsp3) is 0.0769. The molecule has 0 radical (unpaired) electrons. The molecule has 3 heterocycles. The van der Waals surface area contributed by atoms with Crippen LogP contribution in [0.4, 0.5) is 0 Å². The summed E-state index contributed by atoms with van der Waals surface area (Å²) in [5.41, 5.74) is 2.14. The predicted octanol–water partition coefficient (Wildman–Crippen LogP) is 2.70.